The standard InChI is InChI=1S/C8H18N2/c1-5-8(6-2)10(7-3)9-4/h5,9H,6-7H2,1-4H3. The Morgan fingerprint density at radius 1 is 1.50 bits per heavy atom. The maximum absolute atomic E-state index is 3.12. The van der Waals surface area contributed by atoms with E-state index in [9.17, 15) is 0 Å². The Bertz CT molecular complexity index is 104. The maximum atomic E-state index is 3.12. The molecule has 0 aliphatic heterocycles. The number of hydrogen-bond acceptors (Lipinski definition) is 2. The maximum Gasteiger partial charge on any atom is 0.0312 e. The van der Waals surface area contributed by atoms with Crippen LogP contribution in [0.15, 0.2) is 11.8 Å². The molecule has 0 aromatic rings. The summed E-state index contributed by atoms with van der Waals surface area (Å²) in [6.07, 6.45) is 3.23. The number of hydrazine groups is 1. The first-order valence-electron chi connectivity index (χ1n) is 3.90. The van der Waals surface area contributed by atoms with E-state index in [0.29, 0.717) is 0 Å². The predicted octanol–water partition coefficient (Wildman–Crippen LogP) is 1.76. The van der Waals surface area contributed by atoms with Crippen molar-refractivity contribution in [2.45, 2.75) is 27.2 Å². The second-order valence-corrected chi connectivity index (χ2v) is 2.10. The molecule has 0 aromatic carbocycles. The van der Waals surface area contributed by atoms with Crippen molar-refractivity contribution in [1.82, 2.24) is 10.4 Å². The van der Waals surface area contributed by atoms with E-state index in [1.807, 2.05) is 7.05 Å². The Hall–Kier alpha value is -0.500. The first-order valence-corrected chi connectivity index (χ1v) is 3.90. The third-order valence-electron chi connectivity index (χ3n) is 1.63. The van der Waals surface area contributed by atoms with Crippen LogP contribution in [0.4, 0.5) is 0 Å². The van der Waals surface area contributed by atoms with Crippen LogP contribution >= 0.6 is 0 Å². The summed E-state index contributed by atoms with van der Waals surface area (Å²) in [4.78, 5) is 0. The molecule has 0 unspecified atom stereocenters. The molecule has 60 valence electrons. The van der Waals surface area contributed by atoms with Crippen molar-refractivity contribution in [2.75, 3.05) is 13.6 Å². The number of nitrogens with one attached hydrogen (secondary N) is 1. The van der Waals surface area contributed by atoms with Crippen LogP contribution in [0, 0.1) is 0 Å². The van der Waals surface area contributed by atoms with Gasteiger partial charge in [-0.1, -0.05) is 13.0 Å². The fourth-order valence-electron chi connectivity index (χ4n) is 1.06. The molecule has 0 aliphatic carbocycles. The zero-order valence-corrected chi connectivity index (χ0v) is 7.44. The molecular weight excluding hydrogens is 124 g/mol. The fourth-order valence-corrected chi connectivity index (χ4v) is 1.06. The summed E-state index contributed by atoms with van der Waals surface area (Å²) in [5, 5.41) is 2.14. The molecule has 0 atom stereocenters. The van der Waals surface area contributed by atoms with Gasteiger partial charge >= 0.3 is 0 Å². The highest BCUT2D eigenvalue weighted by atomic mass is 15.5. The van der Waals surface area contributed by atoms with Crippen LogP contribution in [0.25, 0.3) is 0 Å². The van der Waals surface area contributed by atoms with E-state index >= 15 is 0 Å². The lowest BCUT2D eigenvalue weighted by atomic mass is 10.3. The number of nitrogens with zero attached hydrogens (tertiary/aromatic N) is 1. The quantitative estimate of drug-likeness (QED) is 0.602. The van der Waals surface area contributed by atoms with E-state index < -0.39 is 0 Å². The van der Waals surface area contributed by atoms with Gasteiger partial charge in [0.25, 0.3) is 0 Å². The number of allylic oxidation sites excluding steroid dienone is 2. The highest BCUT2D eigenvalue weighted by molar-refractivity contribution is 4.96. The fraction of sp³-hybridized carbons (Fsp3) is 0.750. The molecule has 0 aromatic heterocycles. The summed E-state index contributed by atoms with van der Waals surface area (Å²) >= 11 is 0. The molecule has 0 amide bonds. The van der Waals surface area contributed by atoms with Crippen molar-refractivity contribution >= 4 is 0 Å². The third kappa shape index (κ3) is 2.40. The van der Waals surface area contributed by atoms with E-state index in [-0.39, 0.29) is 0 Å². The summed E-state index contributed by atoms with van der Waals surface area (Å²) in [5.41, 5.74) is 4.47. The highest BCUT2D eigenvalue weighted by Crippen LogP contribution is 2.03. The minimum absolute atomic E-state index is 1.02. The zero-order chi connectivity index (χ0) is 7.98. The van der Waals surface area contributed by atoms with E-state index in [1.54, 1.807) is 0 Å². The molecular formula is C8H18N2. The molecule has 0 spiro atoms. The molecule has 0 saturated carbocycles. The van der Waals surface area contributed by atoms with Gasteiger partial charge in [0.1, 0.15) is 0 Å². The first-order chi connectivity index (χ1) is 4.79. The topological polar surface area (TPSA) is 15.3 Å². The molecule has 0 saturated heterocycles. The van der Waals surface area contributed by atoms with Crippen molar-refractivity contribution in [3.8, 4) is 0 Å². The molecule has 10 heavy (non-hydrogen) atoms. The van der Waals surface area contributed by atoms with Crippen LogP contribution in [0.3, 0.4) is 0 Å². The minimum atomic E-state index is 1.02. The molecule has 0 bridgehead atoms. The Morgan fingerprint density at radius 3 is 2.20 bits per heavy atom. The van der Waals surface area contributed by atoms with Crippen molar-refractivity contribution in [1.29, 1.82) is 0 Å². The second kappa shape index (κ2) is 5.30. The lowest BCUT2D eigenvalue weighted by Gasteiger charge is -2.23. The normalized spacial score (nSPS) is 11.8. The Morgan fingerprint density at radius 2 is 2.10 bits per heavy atom. The Balaban J connectivity index is 3.97. The van der Waals surface area contributed by atoms with Gasteiger partial charge in [-0.15, -0.1) is 0 Å². The first kappa shape index (κ1) is 9.50. The van der Waals surface area contributed by atoms with E-state index in [0.717, 1.165) is 13.0 Å². The highest BCUT2D eigenvalue weighted by Gasteiger charge is 1.99. The molecule has 2 heteroatoms. The lowest BCUT2D eigenvalue weighted by molar-refractivity contribution is 0.277. The smallest absolute Gasteiger partial charge is 0.0312 e. The van der Waals surface area contributed by atoms with Gasteiger partial charge in [0.05, 0.1) is 0 Å². The lowest BCUT2D eigenvalue weighted by Crippen LogP contribution is -2.33. The number of rotatable bonds is 4. The van der Waals surface area contributed by atoms with Crippen LogP contribution in [0.1, 0.15) is 27.2 Å². The van der Waals surface area contributed by atoms with Crippen LogP contribution < -0.4 is 5.43 Å². The van der Waals surface area contributed by atoms with Gasteiger partial charge in [-0.3, -0.25) is 0 Å². The van der Waals surface area contributed by atoms with E-state index in [2.05, 4.69) is 37.3 Å². The molecule has 0 heterocycles. The summed E-state index contributed by atoms with van der Waals surface area (Å²) < 4.78 is 0. The second-order valence-electron chi connectivity index (χ2n) is 2.10. The van der Waals surface area contributed by atoms with Gasteiger partial charge in [-0.2, -0.15) is 0 Å². The van der Waals surface area contributed by atoms with Gasteiger partial charge < -0.3 is 5.01 Å². The molecule has 1 N–H and O–H groups in total. The average molecular weight is 142 g/mol. The zero-order valence-electron chi connectivity index (χ0n) is 7.44. The molecule has 0 rings (SSSR count). The van der Waals surface area contributed by atoms with E-state index in [4.69, 9.17) is 0 Å². The monoisotopic (exact) mass is 142 g/mol. The third-order valence-corrected chi connectivity index (χ3v) is 1.63. The summed E-state index contributed by atoms with van der Waals surface area (Å²) in [6, 6.07) is 0. The molecule has 0 aliphatic rings. The molecule has 0 fully saturated rings. The predicted molar refractivity (Wildman–Crippen MR) is 45.5 cm³/mol. The Labute approximate surface area is 63.9 Å². The van der Waals surface area contributed by atoms with Crippen molar-refractivity contribution in [2.24, 2.45) is 0 Å². The van der Waals surface area contributed by atoms with Crippen LogP contribution in [0.5, 0.6) is 0 Å². The molecule has 2 nitrogen and oxygen atoms in total. The van der Waals surface area contributed by atoms with Crippen molar-refractivity contribution < 1.29 is 0 Å². The van der Waals surface area contributed by atoms with Crippen molar-refractivity contribution in [3.63, 3.8) is 0 Å². The molecule has 0 radical (unpaired) electrons. The van der Waals surface area contributed by atoms with Gasteiger partial charge in [0, 0.05) is 19.3 Å². The van der Waals surface area contributed by atoms with Crippen LogP contribution in [-0.2, 0) is 0 Å². The Kier molecular flexibility index (Phi) is 5.03. The number of hydrogen-bond donors (Lipinski definition) is 1. The van der Waals surface area contributed by atoms with Crippen LogP contribution in [-0.4, -0.2) is 18.6 Å². The van der Waals surface area contributed by atoms with Gasteiger partial charge in [0.15, 0.2) is 0 Å². The summed E-state index contributed by atoms with van der Waals surface area (Å²) in [6.45, 7) is 7.38. The minimum Gasteiger partial charge on any atom is -0.313 e. The SMILES string of the molecule is CC=C(CC)N(CC)NC. The summed E-state index contributed by atoms with van der Waals surface area (Å²) in [7, 11) is 1.95. The van der Waals surface area contributed by atoms with Crippen LogP contribution in [0.2, 0.25) is 0 Å². The summed E-state index contributed by atoms with van der Waals surface area (Å²) in [5.74, 6) is 0. The van der Waals surface area contributed by atoms with Gasteiger partial charge in [-0.25, -0.2) is 5.43 Å². The van der Waals surface area contributed by atoms with Gasteiger partial charge in [0.2, 0.25) is 0 Å². The van der Waals surface area contributed by atoms with Gasteiger partial charge in [-0.05, 0) is 20.3 Å². The average Bonchev–Trinajstić information content (AvgIpc) is 2.00. The van der Waals surface area contributed by atoms with E-state index in [1.165, 1.54) is 5.70 Å². The largest absolute Gasteiger partial charge is 0.313 e. The van der Waals surface area contributed by atoms with Crippen molar-refractivity contribution in [3.05, 3.63) is 11.8 Å².